The van der Waals surface area contributed by atoms with E-state index >= 15 is 0 Å². The van der Waals surface area contributed by atoms with Crippen LogP contribution < -0.4 is 4.74 Å². The third kappa shape index (κ3) is 3.81. The van der Waals surface area contributed by atoms with E-state index in [9.17, 15) is 8.42 Å². The van der Waals surface area contributed by atoms with Gasteiger partial charge in [0, 0.05) is 11.6 Å². The molecule has 1 heterocycles. The number of benzene rings is 3. The number of pyridine rings is 1. The average molecular weight is 418 g/mol. The summed E-state index contributed by atoms with van der Waals surface area (Å²) in [4.78, 5) is 4.78. The molecule has 4 rings (SSSR count). The van der Waals surface area contributed by atoms with Crippen molar-refractivity contribution < 1.29 is 13.2 Å². The van der Waals surface area contributed by atoms with Crippen LogP contribution in [0, 0.1) is 6.92 Å². The van der Waals surface area contributed by atoms with Gasteiger partial charge in [-0.25, -0.2) is 8.42 Å². The first-order chi connectivity index (χ1) is 14.4. The van der Waals surface area contributed by atoms with Gasteiger partial charge < -0.3 is 4.74 Å². The summed E-state index contributed by atoms with van der Waals surface area (Å²) in [7, 11) is -3.36. The molecule has 4 nitrogen and oxygen atoms in total. The highest BCUT2D eigenvalue weighted by Crippen LogP contribution is 2.32. The summed E-state index contributed by atoms with van der Waals surface area (Å²) in [6.07, 6.45) is 1.82. The number of rotatable bonds is 5. The van der Waals surface area contributed by atoms with Crippen LogP contribution in [0.3, 0.4) is 0 Å². The Balaban J connectivity index is 1.70. The number of hydrogen-bond acceptors (Lipinski definition) is 4. The number of sulfone groups is 1. The second-order valence-electron chi connectivity index (χ2n) is 7.53. The van der Waals surface area contributed by atoms with Gasteiger partial charge in [-0.2, -0.15) is 0 Å². The van der Waals surface area contributed by atoms with E-state index in [1.165, 1.54) is 0 Å². The van der Waals surface area contributed by atoms with Crippen LogP contribution in [0.1, 0.15) is 19.4 Å². The molecule has 0 aliphatic heterocycles. The number of aryl methyl sites for hydroxylation is 1. The third-order valence-corrected chi connectivity index (χ3v) is 7.26. The molecule has 0 bridgehead atoms. The highest BCUT2D eigenvalue weighted by atomic mass is 32.2. The average Bonchev–Trinajstić information content (AvgIpc) is 2.74. The van der Waals surface area contributed by atoms with Crippen LogP contribution in [0.2, 0.25) is 0 Å². The highest BCUT2D eigenvalue weighted by molar-refractivity contribution is 7.92. The summed E-state index contributed by atoms with van der Waals surface area (Å²) in [5.41, 5.74) is 4.19. The molecule has 0 aliphatic carbocycles. The molecule has 0 radical (unpaired) electrons. The van der Waals surface area contributed by atoms with Crippen molar-refractivity contribution in [2.75, 3.05) is 0 Å². The van der Waals surface area contributed by atoms with Gasteiger partial charge in [-0.05, 0) is 73.9 Å². The van der Waals surface area contributed by atoms with Crippen molar-refractivity contribution in [3.8, 4) is 22.6 Å². The molecule has 5 heteroatoms. The van der Waals surface area contributed by atoms with Crippen molar-refractivity contribution in [1.29, 1.82) is 0 Å². The summed E-state index contributed by atoms with van der Waals surface area (Å²) in [5, 5.41) is 0.596. The van der Waals surface area contributed by atoms with Crippen LogP contribution >= 0.6 is 0 Å². The molecule has 4 aromatic rings. The zero-order chi connectivity index (χ0) is 21.3. The minimum absolute atomic E-state index is 0.266. The molecule has 0 spiro atoms. The van der Waals surface area contributed by atoms with E-state index in [4.69, 9.17) is 4.74 Å². The molecule has 0 fully saturated rings. The zero-order valence-corrected chi connectivity index (χ0v) is 18.0. The topological polar surface area (TPSA) is 56.3 Å². The van der Waals surface area contributed by atoms with Crippen LogP contribution in [0.5, 0.6) is 11.5 Å². The Morgan fingerprint density at radius 2 is 1.57 bits per heavy atom. The van der Waals surface area contributed by atoms with Crippen LogP contribution in [0.15, 0.2) is 83.9 Å². The molecule has 30 heavy (non-hydrogen) atoms. The fourth-order valence-electron chi connectivity index (χ4n) is 3.43. The number of aromatic nitrogens is 1. The minimum Gasteiger partial charge on any atom is -0.457 e. The molecule has 0 aliphatic rings. The van der Waals surface area contributed by atoms with Gasteiger partial charge in [0.1, 0.15) is 11.5 Å². The maximum Gasteiger partial charge on any atom is 0.180 e. The van der Waals surface area contributed by atoms with Crippen molar-refractivity contribution >= 4 is 20.7 Å². The van der Waals surface area contributed by atoms with Gasteiger partial charge in [0.25, 0.3) is 0 Å². The lowest BCUT2D eigenvalue weighted by atomic mass is 9.99. The number of para-hydroxylation sites is 1. The number of ether oxygens (including phenoxy) is 1. The van der Waals surface area contributed by atoms with Crippen LogP contribution in [0.25, 0.3) is 22.0 Å². The first kappa shape index (κ1) is 20.1. The quantitative estimate of drug-likeness (QED) is 0.389. The van der Waals surface area contributed by atoms with Crippen LogP contribution in [-0.4, -0.2) is 18.7 Å². The summed E-state index contributed by atoms with van der Waals surface area (Å²) < 4.78 is 30.9. The first-order valence-corrected chi connectivity index (χ1v) is 11.4. The largest absolute Gasteiger partial charge is 0.457 e. The lowest BCUT2D eigenvalue weighted by Crippen LogP contribution is -2.13. The second-order valence-corrected chi connectivity index (χ2v) is 10.0. The summed E-state index contributed by atoms with van der Waals surface area (Å²) in [6.45, 7) is 5.40. The van der Waals surface area contributed by atoms with Gasteiger partial charge in [-0.3, -0.25) is 4.98 Å². The summed E-state index contributed by atoms with van der Waals surface area (Å²) in [5.74, 6) is 1.13. The minimum atomic E-state index is -3.36. The molecule has 0 saturated carbocycles. The summed E-state index contributed by atoms with van der Waals surface area (Å²) in [6, 6.07) is 22.6. The zero-order valence-electron chi connectivity index (χ0n) is 17.2. The van der Waals surface area contributed by atoms with E-state index < -0.39 is 15.1 Å². The Hall–Kier alpha value is -3.18. The van der Waals surface area contributed by atoms with Crippen molar-refractivity contribution in [3.05, 3.63) is 84.6 Å². The third-order valence-electron chi connectivity index (χ3n) is 5.11. The number of nitrogens with zero attached hydrogens (tertiary/aromatic N) is 1. The molecular formula is C25H23NO3S. The van der Waals surface area contributed by atoms with E-state index in [0.29, 0.717) is 11.5 Å². The Morgan fingerprint density at radius 1 is 0.867 bits per heavy atom. The van der Waals surface area contributed by atoms with Crippen LogP contribution in [-0.2, 0) is 9.84 Å². The van der Waals surface area contributed by atoms with Gasteiger partial charge >= 0.3 is 0 Å². The molecule has 3 aromatic carbocycles. The lowest BCUT2D eigenvalue weighted by Gasteiger charge is -2.12. The molecular weight excluding hydrogens is 394 g/mol. The lowest BCUT2D eigenvalue weighted by molar-refractivity contribution is 0.481. The normalized spacial score (nSPS) is 11.7. The van der Waals surface area contributed by atoms with Crippen molar-refractivity contribution in [2.45, 2.75) is 30.9 Å². The first-order valence-electron chi connectivity index (χ1n) is 9.83. The Kier molecular flexibility index (Phi) is 5.31. The van der Waals surface area contributed by atoms with E-state index in [0.717, 1.165) is 27.6 Å². The maximum atomic E-state index is 12.5. The fourth-order valence-corrected chi connectivity index (χ4v) is 4.52. The predicted molar refractivity (Wildman–Crippen MR) is 121 cm³/mol. The van der Waals surface area contributed by atoms with Gasteiger partial charge in [0.05, 0.1) is 15.7 Å². The molecule has 0 unspecified atom stereocenters. The monoisotopic (exact) mass is 417 g/mol. The van der Waals surface area contributed by atoms with Crippen molar-refractivity contribution in [2.24, 2.45) is 0 Å². The molecule has 0 N–H and O–H groups in total. The Bertz CT molecular complexity index is 1330. The smallest absolute Gasteiger partial charge is 0.180 e. The van der Waals surface area contributed by atoms with Gasteiger partial charge in [0.2, 0.25) is 0 Å². The number of fused-ring (bicyclic) bond motifs is 1. The number of hydrogen-bond donors (Lipinski definition) is 0. The van der Waals surface area contributed by atoms with Gasteiger partial charge in [-0.15, -0.1) is 0 Å². The fraction of sp³-hybridized carbons (Fsp3) is 0.160. The van der Waals surface area contributed by atoms with Gasteiger partial charge in [-0.1, -0.05) is 36.4 Å². The molecule has 0 atom stereocenters. The standard InChI is InChI=1S/C25H23NO3S/c1-17(2)30(27,28)22-11-6-10-21(16-22)29-20-9-5-8-19(15-20)23-13-14-26-25-18(3)7-4-12-24(23)25/h4-17H,1-3H3. The van der Waals surface area contributed by atoms with Crippen LogP contribution in [0.4, 0.5) is 0 Å². The Morgan fingerprint density at radius 3 is 2.33 bits per heavy atom. The molecule has 0 saturated heterocycles. The van der Waals surface area contributed by atoms with E-state index in [1.54, 1.807) is 38.1 Å². The van der Waals surface area contributed by atoms with E-state index in [1.807, 2.05) is 42.6 Å². The van der Waals surface area contributed by atoms with E-state index in [-0.39, 0.29) is 4.90 Å². The van der Waals surface area contributed by atoms with Gasteiger partial charge in [0.15, 0.2) is 9.84 Å². The summed E-state index contributed by atoms with van der Waals surface area (Å²) >= 11 is 0. The SMILES string of the molecule is Cc1cccc2c(-c3cccc(Oc4cccc(S(=O)(=O)C(C)C)c4)c3)ccnc12. The Labute approximate surface area is 177 Å². The van der Waals surface area contributed by atoms with Crippen molar-refractivity contribution in [3.63, 3.8) is 0 Å². The molecule has 1 aromatic heterocycles. The van der Waals surface area contributed by atoms with Crippen molar-refractivity contribution in [1.82, 2.24) is 4.98 Å². The molecule has 152 valence electrons. The predicted octanol–water partition coefficient (Wildman–Crippen LogP) is 6.18. The van der Waals surface area contributed by atoms with E-state index in [2.05, 4.69) is 24.0 Å². The maximum absolute atomic E-state index is 12.5. The highest BCUT2D eigenvalue weighted by Gasteiger charge is 2.19. The molecule has 0 amide bonds. The second kappa shape index (κ2) is 7.92.